The van der Waals surface area contributed by atoms with Crippen molar-refractivity contribution in [3.63, 3.8) is 0 Å². The van der Waals surface area contributed by atoms with Crippen LogP contribution in [-0.4, -0.2) is 28.1 Å². The van der Waals surface area contributed by atoms with Gasteiger partial charge in [0.1, 0.15) is 11.0 Å². The standard InChI is InChI=1S/C19H25BrN4O2S/c1-5-12(4)16(21-15(25)10-11(2)3)17(26)22-19-24-23-18(27-19)13-6-8-14(20)9-7-13/h6-9,11-12,16H,5,10H2,1-4H3,(H,21,25)(H,22,24,26). The molecule has 1 heterocycles. The molecule has 2 amide bonds. The van der Waals surface area contributed by atoms with Crippen LogP contribution in [-0.2, 0) is 9.59 Å². The summed E-state index contributed by atoms with van der Waals surface area (Å²) in [6, 6.07) is 7.13. The van der Waals surface area contributed by atoms with E-state index in [4.69, 9.17) is 0 Å². The second kappa shape index (κ2) is 9.94. The number of rotatable bonds is 8. The predicted molar refractivity (Wildman–Crippen MR) is 113 cm³/mol. The van der Waals surface area contributed by atoms with Crippen molar-refractivity contribution in [2.75, 3.05) is 5.32 Å². The van der Waals surface area contributed by atoms with Crippen LogP contribution in [0, 0.1) is 11.8 Å². The maximum atomic E-state index is 12.7. The highest BCUT2D eigenvalue weighted by Crippen LogP contribution is 2.27. The van der Waals surface area contributed by atoms with E-state index in [-0.39, 0.29) is 23.7 Å². The van der Waals surface area contributed by atoms with Gasteiger partial charge in [0.15, 0.2) is 0 Å². The number of nitrogens with one attached hydrogen (secondary N) is 2. The first-order valence-corrected chi connectivity index (χ1v) is 10.6. The molecule has 0 aliphatic carbocycles. The molecule has 8 heteroatoms. The molecule has 0 bridgehead atoms. The number of hydrogen-bond donors (Lipinski definition) is 2. The molecule has 2 aromatic rings. The van der Waals surface area contributed by atoms with Crippen molar-refractivity contribution in [2.45, 2.75) is 46.6 Å². The lowest BCUT2D eigenvalue weighted by Crippen LogP contribution is -2.47. The number of nitrogens with zero attached hydrogens (tertiary/aromatic N) is 2. The second-order valence-corrected chi connectivity index (χ2v) is 8.83. The van der Waals surface area contributed by atoms with Gasteiger partial charge in [-0.25, -0.2) is 0 Å². The van der Waals surface area contributed by atoms with Crippen molar-refractivity contribution in [2.24, 2.45) is 11.8 Å². The van der Waals surface area contributed by atoms with Crippen LogP contribution in [0.5, 0.6) is 0 Å². The SMILES string of the molecule is CCC(C)C(NC(=O)CC(C)C)C(=O)Nc1nnc(-c2ccc(Br)cc2)s1. The van der Waals surface area contributed by atoms with Crippen molar-refractivity contribution >= 4 is 44.2 Å². The van der Waals surface area contributed by atoms with Gasteiger partial charge in [0.05, 0.1) is 0 Å². The number of benzene rings is 1. The van der Waals surface area contributed by atoms with Crippen LogP contribution in [0.25, 0.3) is 10.6 Å². The van der Waals surface area contributed by atoms with Crippen LogP contribution in [0.2, 0.25) is 0 Å². The molecule has 0 aliphatic heterocycles. The molecule has 27 heavy (non-hydrogen) atoms. The fourth-order valence-corrected chi connectivity index (χ4v) is 3.49. The molecule has 2 unspecified atom stereocenters. The minimum atomic E-state index is -0.596. The molecule has 6 nitrogen and oxygen atoms in total. The van der Waals surface area contributed by atoms with Crippen LogP contribution >= 0.6 is 27.3 Å². The number of carbonyl (C=O) groups excluding carboxylic acids is 2. The molecule has 1 aromatic carbocycles. The fraction of sp³-hybridized carbons (Fsp3) is 0.474. The Morgan fingerprint density at radius 1 is 1.15 bits per heavy atom. The van der Waals surface area contributed by atoms with Crippen LogP contribution in [0.4, 0.5) is 5.13 Å². The molecule has 2 rings (SSSR count). The maximum Gasteiger partial charge on any atom is 0.249 e. The van der Waals surface area contributed by atoms with Gasteiger partial charge in [0.25, 0.3) is 0 Å². The van der Waals surface area contributed by atoms with Crippen molar-refractivity contribution in [1.29, 1.82) is 0 Å². The Kier molecular flexibility index (Phi) is 7.91. The summed E-state index contributed by atoms with van der Waals surface area (Å²) in [5.74, 6) is -0.125. The molecule has 0 saturated heterocycles. The van der Waals surface area contributed by atoms with Crippen molar-refractivity contribution in [3.8, 4) is 10.6 Å². The van der Waals surface area contributed by atoms with Gasteiger partial charge in [-0.05, 0) is 24.0 Å². The van der Waals surface area contributed by atoms with Crippen LogP contribution in [0.15, 0.2) is 28.7 Å². The van der Waals surface area contributed by atoms with Gasteiger partial charge in [0, 0.05) is 16.5 Å². The molecule has 146 valence electrons. The van der Waals surface area contributed by atoms with Crippen LogP contribution in [0.3, 0.4) is 0 Å². The Hall–Kier alpha value is -1.80. The minimum absolute atomic E-state index is 0.0139. The van der Waals surface area contributed by atoms with Gasteiger partial charge in [-0.1, -0.05) is 73.5 Å². The third kappa shape index (κ3) is 6.39. The molecule has 0 radical (unpaired) electrons. The summed E-state index contributed by atoms with van der Waals surface area (Å²) in [6.45, 7) is 7.90. The van der Waals surface area contributed by atoms with E-state index in [1.54, 1.807) is 0 Å². The maximum absolute atomic E-state index is 12.7. The molecular weight excluding hydrogens is 428 g/mol. The van der Waals surface area contributed by atoms with E-state index >= 15 is 0 Å². The largest absolute Gasteiger partial charge is 0.344 e. The van der Waals surface area contributed by atoms with Gasteiger partial charge in [-0.15, -0.1) is 10.2 Å². The Morgan fingerprint density at radius 3 is 2.41 bits per heavy atom. The summed E-state index contributed by atoms with van der Waals surface area (Å²) in [6.07, 6.45) is 1.17. The van der Waals surface area contributed by atoms with E-state index in [0.29, 0.717) is 11.6 Å². The third-order valence-electron chi connectivity index (χ3n) is 4.15. The minimum Gasteiger partial charge on any atom is -0.344 e. The van der Waals surface area contributed by atoms with E-state index in [1.807, 2.05) is 52.0 Å². The summed E-state index contributed by atoms with van der Waals surface area (Å²) < 4.78 is 0.984. The van der Waals surface area contributed by atoms with E-state index in [2.05, 4.69) is 36.8 Å². The van der Waals surface area contributed by atoms with Crippen molar-refractivity contribution in [3.05, 3.63) is 28.7 Å². The summed E-state index contributed by atoms with van der Waals surface area (Å²) >= 11 is 4.71. The van der Waals surface area contributed by atoms with E-state index < -0.39 is 6.04 Å². The molecule has 1 aromatic heterocycles. The average Bonchev–Trinajstić information content (AvgIpc) is 3.07. The first kappa shape index (κ1) is 21.5. The molecular formula is C19H25BrN4O2S. The van der Waals surface area contributed by atoms with E-state index in [1.165, 1.54) is 11.3 Å². The van der Waals surface area contributed by atoms with Crippen molar-refractivity contribution < 1.29 is 9.59 Å². The molecule has 2 N–H and O–H groups in total. The average molecular weight is 453 g/mol. The number of aromatic nitrogens is 2. The molecule has 0 fully saturated rings. The van der Waals surface area contributed by atoms with Gasteiger partial charge in [-0.2, -0.15) is 0 Å². The zero-order chi connectivity index (χ0) is 20.0. The molecule has 0 saturated carbocycles. The Balaban J connectivity index is 2.08. The summed E-state index contributed by atoms with van der Waals surface area (Å²) in [4.78, 5) is 24.9. The lowest BCUT2D eigenvalue weighted by Gasteiger charge is -2.23. The van der Waals surface area contributed by atoms with Gasteiger partial charge in [0.2, 0.25) is 16.9 Å². The first-order valence-electron chi connectivity index (χ1n) is 8.99. The molecule has 0 spiro atoms. The quantitative estimate of drug-likeness (QED) is 0.617. The topological polar surface area (TPSA) is 84.0 Å². The first-order chi connectivity index (χ1) is 12.8. The summed E-state index contributed by atoms with van der Waals surface area (Å²) in [7, 11) is 0. The molecule has 2 atom stereocenters. The highest BCUT2D eigenvalue weighted by Gasteiger charge is 2.27. The molecule has 0 aliphatic rings. The Labute approximate surface area is 172 Å². The van der Waals surface area contributed by atoms with Gasteiger partial charge in [-0.3, -0.25) is 14.9 Å². The second-order valence-electron chi connectivity index (χ2n) is 6.94. The van der Waals surface area contributed by atoms with Crippen molar-refractivity contribution in [1.82, 2.24) is 15.5 Å². The lowest BCUT2D eigenvalue weighted by atomic mass is 9.97. The Morgan fingerprint density at radius 2 is 1.81 bits per heavy atom. The number of amides is 2. The number of carbonyl (C=O) groups is 2. The van der Waals surface area contributed by atoms with Gasteiger partial charge >= 0.3 is 0 Å². The van der Waals surface area contributed by atoms with Gasteiger partial charge < -0.3 is 5.32 Å². The highest BCUT2D eigenvalue weighted by atomic mass is 79.9. The van der Waals surface area contributed by atoms with E-state index in [0.717, 1.165) is 21.5 Å². The lowest BCUT2D eigenvalue weighted by molar-refractivity contribution is -0.128. The predicted octanol–water partition coefficient (Wildman–Crippen LogP) is 4.48. The number of halogens is 1. The third-order valence-corrected chi connectivity index (χ3v) is 5.57. The summed E-state index contributed by atoms with van der Waals surface area (Å²) in [5.41, 5.74) is 0.930. The normalized spacial score (nSPS) is 13.3. The smallest absolute Gasteiger partial charge is 0.249 e. The monoisotopic (exact) mass is 452 g/mol. The zero-order valence-corrected chi connectivity index (χ0v) is 18.4. The highest BCUT2D eigenvalue weighted by molar-refractivity contribution is 9.10. The number of hydrogen-bond acceptors (Lipinski definition) is 5. The van der Waals surface area contributed by atoms with E-state index in [9.17, 15) is 9.59 Å². The Bertz CT molecular complexity index is 776. The summed E-state index contributed by atoms with van der Waals surface area (Å²) in [5, 5.41) is 15.0. The number of anilines is 1. The van der Waals surface area contributed by atoms with Crippen LogP contribution in [0.1, 0.15) is 40.5 Å². The zero-order valence-electron chi connectivity index (χ0n) is 16.0. The fourth-order valence-electron chi connectivity index (χ4n) is 2.47. The van der Waals surface area contributed by atoms with Crippen LogP contribution < -0.4 is 10.6 Å².